The molecule has 0 bridgehead atoms. The molecule has 1 aromatic heterocycles. The van der Waals surface area contributed by atoms with Crippen molar-refractivity contribution in [2.75, 3.05) is 5.75 Å². The quantitative estimate of drug-likeness (QED) is 0.586. The zero-order valence-corrected chi connectivity index (χ0v) is 9.05. The van der Waals surface area contributed by atoms with E-state index in [1.54, 1.807) is 0 Å². The summed E-state index contributed by atoms with van der Waals surface area (Å²) in [7, 11) is 0. The summed E-state index contributed by atoms with van der Waals surface area (Å²) in [5, 5.41) is 7.93. The Hall–Kier alpha value is -0.510. The highest BCUT2D eigenvalue weighted by Crippen LogP contribution is 2.13. The monoisotopic (exact) mass is 200 g/mol. The first-order valence-corrected chi connectivity index (χ1v) is 5.30. The summed E-state index contributed by atoms with van der Waals surface area (Å²) in [6.45, 7) is 4.09. The molecule has 0 aliphatic rings. The number of rotatable bonds is 5. The first-order chi connectivity index (χ1) is 6.24. The number of hydrogen-bond donors (Lipinski definition) is 1. The summed E-state index contributed by atoms with van der Waals surface area (Å²) in [5.41, 5.74) is 0. The number of nitrogens with zero attached hydrogens (tertiary/aromatic N) is 2. The molecule has 0 unspecified atom stereocenters. The highest BCUT2D eigenvalue weighted by Gasteiger charge is 2.08. The van der Waals surface area contributed by atoms with E-state index in [1.165, 1.54) is 0 Å². The number of hydrogen-bond acceptors (Lipinski definition) is 4. The molecule has 0 N–H and O–H groups in total. The second kappa shape index (κ2) is 5.27. The van der Waals surface area contributed by atoms with Crippen molar-refractivity contribution in [3.63, 3.8) is 0 Å². The van der Waals surface area contributed by atoms with Gasteiger partial charge in [0.1, 0.15) is 0 Å². The smallest absolute Gasteiger partial charge is 0.219 e. The first-order valence-electron chi connectivity index (χ1n) is 4.67. The lowest BCUT2D eigenvalue weighted by atomic mass is 10.2. The predicted molar refractivity (Wildman–Crippen MR) is 55.2 cm³/mol. The lowest BCUT2D eigenvalue weighted by Gasteiger charge is -1.95. The molecule has 0 aliphatic heterocycles. The van der Waals surface area contributed by atoms with E-state index in [4.69, 9.17) is 4.42 Å². The standard InChI is InChI=1S/C9H16N2OS/c1-7(2)9-11-10-8(12-9)5-3-4-6-13/h7,13H,3-6H2,1-2H3. The summed E-state index contributed by atoms with van der Waals surface area (Å²) < 4.78 is 5.44. The van der Waals surface area contributed by atoms with Gasteiger partial charge in [0.2, 0.25) is 11.8 Å². The third kappa shape index (κ3) is 3.38. The van der Waals surface area contributed by atoms with E-state index >= 15 is 0 Å². The normalized spacial score (nSPS) is 11.1. The van der Waals surface area contributed by atoms with Crippen LogP contribution in [0.3, 0.4) is 0 Å². The van der Waals surface area contributed by atoms with Gasteiger partial charge in [-0.3, -0.25) is 0 Å². The van der Waals surface area contributed by atoms with Gasteiger partial charge >= 0.3 is 0 Å². The Labute approximate surface area is 84.3 Å². The average Bonchev–Trinajstić information content (AvgIpc) is 2.53. The Morgan fingerprint density at radius 3 is 2.62 bits per heavy atom. The average molecular weight is 200 g/mol. The highest BCUT2D eigenvalue weighted by molar-refractivity contribution is 7.80. The van der Waals surface area contributed by atoms with Crippen LogP contribution in [0, 0.1) is 0 Å². The van der Waals surface area contributed by atoms with Gasteiger partial charge in [-0.05, 0) is 18.6 Å². The van der Waals surface area contributed by atoms with Crippen molar-refractivity contribution in [2.45, 2.75) is 39.0 Å². The molecule has 0 saturated carbocycles. The van der Waals surface area contributed by atoms with Crippen LogP contribution in [0.5, 0.6) is 0 Å². The van der Waals surface area contributed by atoms with Crippen molar-refractivity contribution in [3.8, 4) is 0 Å². The second-order valence-electron chi connectivity index (χ2n) is 3.37. The Morgan fingerprint density at radius 2 is 2.08 bits per heavy atom. The van der Waals surface area contributed by atoms with Crippen molar-refractivity contribution >= 4 is 12.6 Å². The van der Waals surface area contributed by atoms with Crippen LogP contribution in [0.15, 0.2) is 4.42 Å². The topological polar surface area (TPSA) is 38.9 Å². The van der Waals surface area contributed by atoms with Gasteiger partial charge in [-0.15, -0.1) is 10.2 Å². The molecule has 0 amide bonds. The molecule has 1 heterocycles. The van der Waals surface area contributed by atoms with Crippen LogP contribution in [0.2, 0.25) is 0 Å². The molecule has 1 aromatic rings. The maximum atomic E-state index is 5.44. The summed E-state index contributed by atoms with van der Waals surface area (Å²) >= 11 is 4.14. The molecule has 3 nitrogen and oxygen atoms in total. The van der Waals surface area contributed by atoms with E-state index in [0.717, 1.165) is 36.8 Å². The van der Waals surface area contributed by atoms with E-state index in [-0.39, 0.29) is 0 Å². The zero-order valence-electron chi connectivity index (χ0n) is 8.16. The lowest BCUT2D eigenvalue weighted by Crippen LogP contribution is -1.86. The maximum absolute atomic E-state index is 5.44. The summed E-state index contributed by atoms with van der Waals surface area (Å²) in [4.78, 5) is 0. The predicted octanol–water partition coefficient (Wildman–Crippen LogP) is 2.45. The lowest BCUT2D eigenvalue weighted by molar-refractivity contribution is 0.427. The van der Waals surface area contributed by atoms with Gasteiger partial charge < -0.3 is 4.42 Å². The summed E-state index contributed by atoms with van der Waals surface area (Å²) in [5.74, 6) is 2.74. The van der Waals surface area contributed by atoms with Crippen LogP contribution in [0.1, 0.15) is 44.4 Å². The minimum atomic E-state index is 0.325. The van der Waals surface area contributed by atoms with Gasteiger partial charge in [-0.2, -0.15) is 12.6 Å². The van der Waals surface area contributed by atoms with Crippen LogP contribution in [0.4, 0.5) is 0 Å². The Balaban J connectivity index is 2.40. The van der Waals surface area contributed by atoms with Gasteiger partial charge in [-0.1, -0.05) is 13.8 Å². The molecule has 0 atom stereocenters. The third-order valence-electron chi connectivity index (χ3n) is 1.78. The summed E-state index contributed by atoms with van der Waals surface area (Å²) in [6.07, 6.45) is 3.05. The number of aryl methyl sites for hydroxylation is 1. The molecule has 0 aliphatic carbocycles. The van der Waals surface area contributed by atoms with E-state index < -0.39 is 0 Å². The van der Waals surface area contributed by atoms with Crippen molar-refractivity contribution in [1.82, 2.24) is 10.2 Å². The van der Waals surface area contributed by atoms with E-state index in [2.05, 4.69) is 22.8 Å². The SMILES string of the molecule is CC(C)c1nnc(CCCCS)o1. The molecule has 0 aromatic carbocycles. The van der Waals surface area contributed by atoms with E-state index in [0.29, 0.717) is 5.92 Å². The van der Waals surface area contributed by atoms with Crippen molar-refractivity contribution < 1.29 is 4.42 Å². The first kappa shape index (κ1) is 10.6. The fourth-order valence-corrected chi connectivity index (χ4v) is 1.21. The van der Waals surface area contributed by atoms with Crippen molar-refractivity contribution in [2.24, 2.45) is 0 Å². The molecule has 1 rings (SSSR count). The van der Waals surface area contributed by atoms with Crippen LogP contribution < -0.4 is 0 Å². The zero-order chi connectivity index (χ0) is 9.68. The molecular weight excluding hydrogens is 184 g/mol. The van der Waals surface area contributed by atoms with Crippen LogP contribution in [-0.2, 0) is 6.42 Å². The fourth-order valence-electron chi connectivity index (χ4n) is 0.989. The molecule has 0 radical (unpaired) electrons. The minimum Gasteiger partial charge on any atom is -0.425 e. The number of aromatic nitrogens is 2. The molecule has 0 saturated heterocycles. The van der Waals surface area contributed by atoms with E-state index in [9.17, 15) is 0 Å². The molecule has 4 heteroatoms. The van der Waals surface area contributed by atoms with Crippen molar-refractivity contribution in [3.05, 3.63) is 11.8 Å². The summed E-state index contributed by atoms with van der Waals surface area (Å²) in [6, 6.07) is 0. The number of unbranched alkanes of at least 4 members (excludes halogenated alkanes) is 1. The Morgan fingerprint density at radius 1 is 1.31 bits per heavy atom. The largest absolute Gasteiger partial charge is 0.425 e. The highest BCUT2D eigenvalue weighted by atomic mass is 32.1. The molecule has 0 fully saturated rings. The number of thiol groups is 1. The second-order valence-corrected chi connectivity index (χ2v) is 3.82. The van der Waals surface area contributed by atoms with Crippen LogP contribution in [0.25, 0.3) is 0 Å². The fraction of sp³-hybridized carbons (Fsp3) is 0.778. The molecular formula is C9H16N2OS. The molecule has 0 spiro atoms. The minimum absolute atomic E-state index is 0.325. The third-order valence-corrected chi connectivity index (χ3v) is 2.09. The van der Waals surface area contributed by atoms with E-state index in [1.807, 2.05) is 13.8 Å². The van der Waals surface area contributed by atoms with Gasteiger partial charge in [-0.25, -0.2) is 0 Å². The van der Waals surface area contributed by atoms with Gasteiger partial charge in [0.05, 0.1) is 0 Å². The Bertz CT molecular complexity index is 248. The van der Waals surface area contributed by atoms with Gasteiger partial charge in [0, 0.05) is 12.3 Å². The Kier molecular flexibility index (Phi) is 4.28. The van der Waals surface area contributed by atoms with Gasteiger partial charge in [0.25, 0.3) is 0 Å². The van der Waals surface area contributed by atoms with Gasteiger partial charge in [0.15, 0.2) is 0 Å². The van der Waals surface area contributed by atoms with Crippen LogP contribution in [-0.4, -0.2) is 16.0 Å². The maximum Gasteiger partial charge on any atom is 0.219 e. The molecule has 74 valence electrons. The molecule has 13 heavy (non-hydrogen) atoms. The van der Waals surface area contributed by atoms with Crippen molar-refractivity contribution in [1.29, 1.82) is 0 Å². The van der Waals surface area contributed by atoms with Crippen LogP contribution >= 0.6 is 12.6 Å².